The van der Waals surface area contributed by atoms with Gasteiger partial charge in [0.1, 0.15) is 5.76 Å². The first kappa shape index (κ1) is 14.9. The number of fused-ring (bicyclic) bond motifs is 1. The quantitative estimate of drug-likeness (QED) is 0.430. The normalized spacial score (nSPS) is 15.6. The second kappa shape index (κ2) is 6.10. The maximum Gasteiger partial charge on any atom is 0.343 e. The molecule has 1 aliphatic heterocycles. The number of rotatable bonds is 2. The smallest absolute Gasteiger partial charge is 0.343 e. The van der Waals surface area contributed by atoms with Crippen LogP contribution in [0.2, 0.25) is 0 Å². The van der Waals surface area contributed by atoms with E-state index >= 15 is 0 Å². The number of cyclic esters (lactones) is 1. The summed E-state index contributed by atoms with van der Waals surface area (Å²) in [6, 6.07) is 21.9. The highest BCUT2D eigenvalue weighted by molar-refractivity contribution is 9.10. The summed E-state index contributed by atoms with van der Waals surface area (Å²) in [6.45, 7) is 0. The van der Waals surface area contributed by atoms with Crippen molar-refractivity contribution >= 4 is 44.5 Å². The minimum Gasteiger partial charge on any atom is -0.422 e. The van der Waals surface area contributed by atoms with Crippen molar-refractivity contribution in [3.05, 3.63) is 94.0 Å². The Hall–Kier alpha value is -2.65. The summed E-state index contributed by atoms with van der Waals surface area (Å²) in [5.41, 5.74) is 2.45. The highest BCUT2D eigenvalue weighted by atomic mass is 79.9. The minimum absolute atomic E-state index is 0.319. The van der Waals surface area contributed by atoms with Crippen molar-refractivity contribution in [2.24, 2.45) is 0 Å². The summed E-state index contributed by atoms with van der Waals surface area (Å²) < 4.78 is 6.41. The van der Waals surface area contributed by atoms with Gasteiger partial charge in [0.05, 0.1) is 5.57 Å². The summed E-state index contributed by atoms with van der Waals surface area (Å²) >= 11 is 3.41. The number of carbonyl (C=O) groups is 1. The fourth-order valence-electron chi connectivity index (χ4n) is 2.79. The lowest BCUT2D eigenvalue weighted by Crippen LogP contribution is -1.97. The first-order valence-electron chi connectivity index (χ1n) is 7.60. The molecule has 0 N–H and O–H groups in total. The van der Waals surface area contributed by atoms with Gasteiger partial charge in [-0.25, -0.2) is 4.79 Å². The third-order valence-electron chi connectivity index (χ3n) is 3.99. The van der Waals surface area contributed by atoms with Crippen molar-refractivity contribution in [1.29, 1.82) is 0 Å². The Labute approximate surface area is 148 Å². The molecule has 3 aromatic rings. The van der Waals surface area contributed by atoms with Crippen molar-refractivity contribution in [3.63, 3.8) is 0 Å². The van der Waals surface area contributed by atoms with Gasteiger partial charge >= 0.3 is 5.97 Å². The predicted octanol–water partition coefficient (Wildman–Crippen LogP) is 5.58. The molecule has 3 heteroatoms. The van der Waals surface area contributed by atoms with Crippen LogP contribution in [0.5, 0.6) is 0 Å². The largest absolute Gasteiger partial charge is 0.422 e. The first-order chi connectivity index (χ1) is 11.7. The van der Waals surface area contributed by atoms with Gasteiger partial charge in [0, 0.05) is 10.0 Å². The molecule has 1 heterocycles. The molecule has 0 atom stereocenters. The van der Waals surface area contributed by atoms with Crippen LogP contribution >= 0.6 is 15.9 Å². The van der Waals surface area contributed by atoms with Crippen LogP contribution in [0, 0.1) is 0 Å². The van der Waals surface area contributed by atoms with Crippen LogP contribution in [-0.4, -0.2) is 5.97 Å². The number of hydrogen-bond acceptors (Lipinski definition) is 2. The number of ether oxygens (including phenoxy) is 1. The number of carbonyl (C=O) groups excluding carboxylic acids is 1. The second-order valence-corrected chi connectivity index (χ2v) is 6.49. The van der Waals surface area contributed by atoms with E-state index in [0.29, 0.717) is 11.3 Å². The average molecular weight is 377 g/mol. The van der Waals surface area contributed by atoms with E-state index < -0.39 is 0 Å². The van der Waals surface area contributed by atoms with Gasteiger partial charge in [-0.2, -0.15) is 0 Å². The lowest BCUT2D eigenvalue weighted by Gasteiger charge is -2.02. The molecule has 0 bridgehead atoms. The van der Waals surface area contributed by atoms with E-state index in [1.807, 2.05) is 54.6 Å². The zero-order valence-electron chi connectivity index (χ0n) is 12.7. The maximum atomic E-state index is 12.2. The number of benzene rings is 3. The summed E-state index contributed by atoms with van der Waals surface area (Å²) in [4.78, 5) is 12.2. The molecule has 0 saturated heterocycles. The summed E-state index contributed by atoms with van der Waals surface area (Å²) in [6.07, 6.45) is 3.68. The molecule has 0 saturated carbocycles. The topological polar surface area (TPSA) is 26.3 Å². The number of esters is 1. The van der Waals surface area contributed by atoms with Crippen molar-refractivity contribution in [2.75, 3.05) is 0 Å². The molecule has 116 valence electrons. The van der Waals surface area contributed by atoms with Crippen LogP contribution in [0.4, 0.5) is 0 Å². The lowest BCUT2D eigenvalue weighted by atomic mass is 10.0. The van der Waals surface area contributed by atoms with Crippen molar-refractivity contribution < 1.29 is 9.53 Å². The van der Waals surface area contributed by atoms with Gasteiger partial charge < -0.3 is 4.74 Å². The Balaban J connectivity index is 1.76. The molecule has 2 nitrogen and oxygen atoms in total. The van der Waals surface area contributed by atoms with E-state index in [1.54, 1.807) is 6.08 Å². The van der Waals surface area contributed by atoms with Gasteiger partial charge in [-0.15, -0.1) is 0 Å². The highest BCUT2D eigenvalue weighted by Gasteiger charge is 2.22. The molecule has 0 amide bonds. The van der Waals surface area contributed by atoms with Crippen LogP contribution in [0.25, 0.3) is 22.6 Å². The minimum atomic E-state index is -0.319. The predicted molar refractivity (Wildman–Crippen MR) is 100 cm³/mol. The Morgan fingerprint density at radius 1 is 0.875 bits per heavy atom. The molecule has 0 fully saturated rings. The van der Waals surface area contributed by atoms with E-state index in [1.165, 1.54) is 0 Å². The van der Waals surface area contributed by atoms with Gasteiger partial charge in [-0.1, -0.05) is 70.5 Å². The number of hydrogen-bond donors (Lipinski definition) is 0. The van der Waals surface area contributed by atoms with Crippen LogP contribution in [0.3, 0.4) is 0 Å². The van der Waals surface area contributed by atoms with Crippen LogP contribution in [0.1, 0.15) is 11.1 Å². The van der Waals surface area contributed by atoms with E-state index in [4.69, 9.17) is 4.74 Å². The van der Waals surface area contributed by atoms with E-state index in [-0.39, 0.29) is 5.97 Å². The lowest BCUT2D eigenvalue weighted by molar-refractivity contribution is -0.130. The Bertz CT molecular complexity index is 993. The average Bonchev–Trinajstić information content (AvgIpc) is 2.97. The van der Waals surface area contributed by atoms with Crippen LogP contribution in [-0.2, 0) is 9.53 Å². The van der Waals surface area contributed by atoms with E-state index in [0.717, 1.165) is 26.4 Å². The van der Waals surface area contributed by atoms with Crippen molar-refractivity contribution in [1.82, 2.24) is 0 Å². The van der Waals surface area contributed by atoms with Crippen LogP contribution in [0.15, 0.2) is 82.9 Å². The molecule has 0 aromatic heterocycles. The Morgan fingerprint density at radius 3 is 2.46 bits per heavy atom. The monoisotopic (exact) mass is 376 g/mol. The molecular formula is C21H13BrO2. The van der Waals surface area contributed by atoms with Crippen molar-refractivity contribution in [2.45, 2.75) is 0 Å². The van der Waals surface area contributed by atoms with Crippen LogP contribution < -0.4 is 0 Å². The Morgan fingerprint density at radius 2 is 1.62 bits per heavy atom. The van der Waals surface area contributed by atoms with E-state index in [2.05, 4.69) is 34.1 Å². The summed E-state index contributed by atoms with van der Waals surface area (Å²) in [5, 5.41) is 2.26. The standard InChI is InChI=1S/C21H13BrO2/c22-18-10-8-15(9-11-18)20-13-17(21(23)24-20)12-16-6-3-5-14-4-1-2-7-19(14)16/h1-13H/b17-12-. The maximum absolute atomic E-state index is 12.2. The van der Waals surface area contributed by atoms with Crippen molar-refractivity contribution in [3.8, 4) is 0 Å². The highest BCUT2D eigenvalue weighted by Crippen LogP contribution is 2.29. The molecule has 0 unspecified atom stereocenters. The van der Waals surface area contributed by atoms with Gasteiger partial charge in [-0.05, 0) is 40.6 Å². The molecule has 0 aliphatic carbocycles. The van der Waals surface area contributed by atoms with Gasteiger partial charge in [0.2, 0.25) is 0 Å². The van der Waals surface area contributed by atoms with Gasteiger partial charge in [-0.3, -0.25) is 0 Å². The Kier molecular flexibility index (Phi) is 3.79. The first-order valence-corrected chi connectivity index (χ1v) is 8.39. The molecule has 0 radical (unpaired) electrons. The van der Waals surface area contributed by atoms with E-state index in [9.17, 15) is 4.79 Å². The SMILES string of the molecule is O=C1OC(c2ccc(Br)cc2)=C/C1=C/c1cccc2ccccc12. The fourth-order valence-corrected chi connectivity index (χ4v) is 3.05. The third kappa shape index (κ3) is 2.79. The van der Waals surface area contributed by atoms with Gasteiger partial charge in [0.15, 0.2) is 0 Å². The molecule has 0 spiro atoms. The zero-order valence-corrected chi connectivity index (χ0v) is 14.3. The summed E-state index contributed by atoms with van der Waals surface area (Å²) in [7, 11) is 0. The summed E-state index contributed by atoms with van der Waals surface area (Å²) in [5.74, 6) is 0.264. The molecule has 4 rings (SSSR count). The zero-order chi connectivity index (χ0) is 16.5. The fraction of sp³-hybridized carbons (Fsp3) is 0. The van der Waals surface area contributed by atoms with Gasteiger partial charge in [0.25, 0.3) is 0 Å². The molecule has 1 aliphatic rings. The third-order valence-corrected chi connectivity index (χ3v) is 4.52. The number of halogens is 1. The molecule has 3 aromatic carbocycles. The molecular weight excluding hydrogens is 364 g/mol. The second-order valence-electron chi connectivity index (χ2n) is 5.57. The molecule has 24 heavy (non-hydrogen) atoms.